The lowest BCUT2D eigenvalue weighted by Gasteiger charge is -2.03. The zero-order valence-corrected chi connectivity index (χ0v) is 20.4. The van der Waals surface area contributed by atoms with Crippen LogP contribution in [-0.2, 0) is 9.47 Å². The quantitative estimate of drug-likeness (QED) is 0.195. The maximum Gasteiger partial charge on any atom is 0.338 e. The van der Waals surface area contributed by atoms with Gasteiger partial charge in [-0.2, -0.15) is 0 Å². The van der Waals surface area contributed by atoms with Crippen molar-refractivity contribution in [2.75, 3.05) is 13.2 Å². The predicted molar refractivity (Wildman–Crippen MR) is 147 cm³/mol. The molecule has 0 heterocycles. The second kappa shape index (κ2) is 11.8. The van der Waals surface area contributed by atoms with Crippen molar-refractivity contribution in [1.82, 2.24) is 0 Å². The molecule has 0 saturated heterocycles. The molecule has 0 amide bonds. The van der Waals surface area contributed by atoms with Crippen LogP contribution in [0.25, 0.3) is 35.1 Å². The standard InChI is InChI=1S/C32H28O4/c1-3-35-31(33)27-15-9-23(10-16-27)5-7-25-13-19-30-22-26(14-20-29(30)21-25)8-6-24-11-17-28(18-12-24)32(34)36-4-2/h5-22H,3-4H2,1-2H3/b7-5+,8-6+. The van der Waals surface area contributed by atoms with Crippen LogP contribution in [0.3, 0.4) is 0 Å². The molecule has 0 aliphatic carbocycles. The molecule has 0 atom stereocenters. The Morgan fingerprint density at radius 1 is 0.528 bits per heavy atom. The smallest absolute Gasteiger partial charge is 0.338 e. The molecule has 36 heavy (non-hydrogen) atoms. The maximum absolute atomic E-state index is 11.8. The number of hydrogen-bond donors (Lipinski definition) is 0. The third kappa shape index (κ3) is 6.36. The molecule has 0 aromatic heterocycles. The Morgan fingerprint density at radius 3 is 1.22 bits per heavy atom. The second-order valence-corrected chi connectivity index (χ2v) is 8.22. The molecule has 0 radical (unpaired) electrons. The molecule has 0 saturated carbocycles. The summed E-state index contributed by atoms with van der Waals surface area (Å²) in [6, 6.07) is 27.5. The molecular formula is C32H28O4. The Balaban J connectivity index is 1.43. The number of hydrogen-bond acceptors (Lipinski definition) is 4. The van der Waals surface area contributed by atoms with Gasteiger partial charge in [0, 0.05) is 0 Å². The molecule has 4 aromatic carbocycles. The number of carbonyl (C=O) groups excluding carboxylic acids is 2. The Hall–Kier alpha value is -4.44. The van der Waals surface area contributed by atoms with Gasteiger partial charge in [-0.15, -0.1) is 0 Å². The third-order valence-corrected chi connectivity index (χ3v) is 5.67. The summed E-state index contributed by atoms with van der Waals surface area (Å²) in [6.07, 6.45) is 8.18. The fourth-order valence-electron chi connectivity index (χ4n) is 3.76. The van der Waals surface area contributed by atoms with E-state index in [1.807, 2.05) is 36.4 Å². The molecule has 180 valence electrons. The Kier molecular flexibility index (Phi) is 8.09. The van der Waals surface area contributed by atoms with Gasteiger partial charge in [0.05, 0.1) is 24.3 Å². The van der Waals surface area contributed by atoms with Gasteiger partial charge in [-0.1, -0.05) is 72.8 Å². The highest BCUT2D eigenvalue weighted by molar-refractivity contribution is 5.91. The zero-order valence-electron chi connectivity index (χ0n) is 20.4. The first-order chi connectivity index (χ1) is 17.6. The van der Waals surface area contributed by atoms with Crippen molar-refractivity contribution in [2.24, 2.45) is 0 Å². The van der Waals surface area contributed by atoms with Crippen LogP contribution >= 0.6 is 0 Å². The zero-order chi connectivity index (χ0) is 25.3. The highest BCUT2D eigenvalue weighted by atomic mass is 16.5. The maximum atomic E-state index is 11.8. The van der Waals surface area contributed by atoms with Gasteiger partial charge in [0.15, 0.2) is 0 Å². The number of fused-ring (bicyclic) bond motifs is 1. The number of rotatable bonds is 8. The molecule has 0 unspecified atom stereocenters. The summed E-state index contributed by atoms with van der Waals surface area (Å²) in [5, 5.41) is 2.32. The van der Waals surface area contributed by atoms with Gasteiger partial charge in [0.1, 0.15) is 0 Å². The first-order valence-electron chi connectivity index (χ1n) is 12.0. The van der Waals surface area contributed by atoms with Gasteiger partial charge in [-0.05, 0) is 83.3 Å². The number of carbonyl (C=O) groups is 2. The summed E-state index contributed by atoms with van der Waals surface area (Å²) in [6.45, 7) is 4.33. The van der Waals surface area contributed by atoms with E-state index in [0.29, 0.717) is 24.3 Å². The molecule has 0 spiro atoms. The van der Waals surface area contributed by atoms with Crippen molar-refractivity contribution in [3.05, 3.63) is 118 Å². The van der Waals surface area contributed by atoms with Crippen LogP contribution < -0.4 is 0 Å². The Morgan fingerprint density at radius 2 is 0.861 bits per heavy atom. The molecule has 4 aromatic rings. The molecule has 0 aliphatic rings. The minimum Gasteiger partial charge on any atom is -0.462 e. The number of esters is 2. The first kappa shape index (κ1) is 24.7. The van der Waals surface area contributed by atoms with Gasteiger partial charge in [-0.3, -0.25) is 0 Å². The van der Waals surface area contributed by atoms with Gasteiger partial charge < -0.3 is 9.47 Å². The van der Waals surface area contributed by atoms with Crippen LogP contribution in [0.4, 0.5) is 0 Å². The highest BCUT2D eigenvalue weighted by Gasteiger charge is 2.05. The SMILES string of the molecule is CCOC(=O)c1ccc(/C=C/c2ccc3cc(/C=C/c4ccc(C(=O)OCC)cc4)ccc3c2)cc1. The van der Waals surface area contributed by atoms with Crippen LogP contribution in [0.2, 0.25) is 0 Å². The van der Waals surface area contributed by atoms with E-state index in [2.05, 4.69) is 48.6 Å². The summed E-state index contributed by atoms with van der Waals surface area (Å²) in [5.41, 5.74) is 5.33. The average molecular weight is 477 g/mol. The molecular weight excluding hydrogens is 448 g/mol. The van der Waals surface area contributed by atoms with E-state index in [0.717, 1.165) is 33.0 Å². The Bertz CT molecular complexity index is 1300. The minimum absolute atomic E-state index is 0.302. The molecule has 0 fully saturated rings. The van der Waals surface area contributed by atoms with Crippen molar-refractivity contribution < 1.29 is 19.1 Å². The predicted octanol–water partition coefficient (Wildman–Crippen LogP) is 7.53. The molecule has 0 bridgehead atoms. The highest BCUT2D eigenvalue weighted by Crippen LogP contribution is 2.21. The van der Waals surface area contributed by atoms with E-state index in [-0.39, 0.29) is 11.9 Å². The van der Waals surface area contributed by atoms with E-state index in [1.165, 1.54) is 0 Å². The van der Waals surface area contributed by atoms with Crippen LogP contribution in [0.5, 0.6) is 0 Å². The van der Waals surface area contributed by atoms with Crippen molar-refractivity contribution in [1.29, 1.82) is 0 Å². The van der Waals surface area contributed by atoms with Crippen LogP contribution in [0.1, 0.15) is 56.8 Å². The molecule has 4 rings (SSSR count). The normalized spacial score (nSPS) is 11.3. The minimum atomic E-state index is -0.302. The lowest BCUT2D eigenvalue weighted by molar-refractivity contribution is 0.0516. The fraction of sp³-hybridized carbons (Fsp3) is 0.125. The van der Waals surface area contributed by atoms with Crippen molar-refractivity contribution in [3.63, 3.8) is 0 Å². The van der Waals surface area contributed by atoms with Gasteiger partial charge >= 0.3 is 11.9 Å². The lowest BCUT2D eigenvalue weighted by atomic mass is 10.0. The van der Waals surface area contributed by atoms with Crippen LogP contribution in [0.15, 0.2) is 84.9 Å². The number of ether oxygens (including phenoxy) is 2. The Labute approximate surface area is 211 Å². The molecule has 0 aliphatic heterocycles. The van der Waals surface area contributed by atoms with Gasteiger partial charge in [-0.25, -0.2) is 9.59 Å². The summed E-state index contributed by atoms with van der Waals surface area (Å²) in [7, 11) is 0. The van der Waals surface area contributed by atoms with E-state index in [9.17, 15) is 9.59 Å². The van der Waals surface area contributed by atoms with Gasteiger partial charge in [0.2, 0.25) is 0 Å². The largest absolute Gasteiger partial charge is 0.462 e. The topological polar surface area (TPSA) is 52.6 Å². The summed E-state index contributed by atoms with van der Waals surface area (Å²) in [4.78, 5) is 23.6. The van der Waals surface area contributed by atoms with Crippen molar-refractivity contribution >= 4 is 47.0 Å². The monoisotopic (exact) mass is 476 g/mol. The van der Waals surface area contributed by atoms with Gasteiger partial charge in [0.25, 0.3) is 0 Å². The molecule has 4 nitrogen and oxygen atoms in total. The third-order valence-electron chi connectivity index (χ3n) is 5.67. The second-order valence-electron chi connectivity index (χ2n) is 8.22. The van der Waals surface area contributed by atoms with E-state index in [4.69, 9.17) is 9.47 Å². The first-order valence-corrected chi connectivity index (χ1v) is 12.0. The van der Waals surface area contributed by atoms with Crippen LogP contribution in [-0.4, -0.2) is 25.2 Å². The van der Waals surface area contributed by atoms with Crippen molar-refractivity contribution in [2.45, 2.75) is 13.8 Å². The molecule has 0 N–H and O–H groups in total. The average Bonchev–Trinajstić information content (AvgIpc) is 2.91. The van der Waals surface area contributed by atoms with Crippen LogP contribution in [0, 0.1) is 0 Å². The van der Waals surface area contributed by atoms with E-state index >= 15 is 0 Å². The lowest BCUT2D eigenvalue weighted by Crippen LogP contribution is -2.03. The summed E-state index contributed by atoms with van der Waals surface area (Å²) in [5.74, 6) is -0.604. The summed E-state index contributed by atoms with van der Waals surface area (Å²) >= 11 is 0. The van der Waals surface area contributed by atoms with E-state index in [1.54, 1.807) is 38.1 Å². The summed E-state index contributed by atoms with van der Waals surface area (Å²) < 4.78 is 10.1. The number of benzene rings is 4. The molecule has 4 heteroatoms. The van der Waals surface area contributed by atoms with Crippen molar-refractivity contribution in [3.8, 4) is 0 Å². The van der Waals surface area contributed by atoms with E-state index < -0.39 is 0 Å². The fourth-order valence-corrected chi connectivity index (χ4v) is 3.76.